The van der Waals surface area contributed by atoms with Crippen molar-refractivity contribution in [3.8, 4) is 0 Å². The molecule has 0 saturated carbocycles. The molecule has 0 amide bonds. The minimum atomic E-state index is 0.130. The fourth-order valence-corrected chi connectivity index (χ4v) is 1.74. The highest BCUT2D eigenvalue weighted by molar-refractivity contribution is 9.10. The molecule has 4 heteroatoms. The van der Waals surface area contributed by atoms with Gasteiger partial charge in [-0.2, -0.15) is 0 Å². The van der Waals surface area contributed by atoms with E-state index in [9.17, 15) is 0 Å². The van der Waals surface area contributed by atoms with Crippen LogP contribution in [-0.2, 0) is 0 Å². The number of halogens is 1. The van der Waals surface area contributed by atoms with Gasteiger partial charge in [-0.15, -0.1) is 11.3 Å². The molecule has 0 bridgehead atoms. The Hall–Kier alpha value is -0.350. The molecule has 9 heavy (non-hydrogen) atoms. The van der Waals surface area contributed by atoms with Gasteiger partial charge in [-0.05, 0) is 22.0 Å². The average Bonchev–Trinajstić information content (AvgIpc) is 2.14. The zero-order valence-corrected chi connectivity index (χ0v) is 6.92. The Bertz CT molecular complexity index is 231. The van der Waals surface area contributed by atoms with Gasteiger partial charge < -0.3 is 5.73 Å². The van der Waals surface area contributed by atoms with E-state index in [0.717, 1.165) is 9.35 Å². The summed E-state index contributed by atoms with van der Waals surface area (Å²) in [5, 5.41) is 8.92. The highest BCUT2D eigenvalue weighted by Crippen LogP contribution is 2.18. The highest BCUT2D eigenvalue weighted by atomic mass is 79.9. The zero-order chi connectivity index (χ0) is 6.85. The molecule has 48 valence electrons. The first-order valence-corrected chi connectivity index (χ1v) is 3.96. The van der Waals surface area contributed by atoms with Gasteiger partial charge in [0.15, 0.2) is 0 Å². The standard InChI is InChI=1S/C5H5BrN2S/c6-3-1-4(5(7)8)9-2-3/h1-2H,(H3,7,8). The molecule has 1 aromatic heterocycles. The number of amidine groups is 1. The SMILES string of the molecule is N=C(N)c1cc(Br)cs1. The molecule has 0 atom stereocenters. The van der Waals surface area contributed by atoms with Crippen molar-refractivity contribution in [1.29, 1.82) is 5.41 Å². The predicted molar refractivity (Wildman–Crippen MR) is 43.0 cm³/mol. The van der Waals surface area contributed by atoms with Crippen LogP contribution in [0.5, 0.6) is 0 Å². The summed E-state index contributed by atoms with van der Waals surface area (Å²) in [5.41, 5.74) is 5.20. The third kappa shape index (κ3) is 1.53. The van der Waals surface area contributed by atoms with Crippen LogP contribution >= 0.6 is 27.3 Å². The number of thiophene rings is 1. The summed E-state index contributed by atoms with van der Waals surface area (Å²) >= 11 is 4.72. The minimum absolute atomic E-state index is 0.130. The molecular weight excluding hydrogens is 200 g/mol. The second kappa shape index (κ2) is 2.49. The van der Waals surface area contributed by atoms with E-state index in [1.807, 2.05) is 11.4 Å². The third-order valence-corrected chi connectivity index (χ3v) is 2.56. The minimum Gasteiger partial charge on any atom is -0.383 e. The number of rotatable bonds is 1. The van der Waals surface area contributed by atoms with Gasteiger partial charge >= 0.3 is 0 Å². The van der Waals surface area contributed by atoms with Crippen LogP contribution < -0.4 is 5.73 Å². The monoisotopic (exact) mass is 204 g/mol. The van der Waals surface area contributed by atoms with E-state index in [0.29, 0.717) is 0 Å². The van der Waals surface area contributed by atoms with Crippen LogP contribution in [0.1, 0.15) is 4.88 Å². The van der Waals surface area contributed by atoms with Crippen LogP contribution in [0.3, 0.4) is 0 Å². The lowest BCUT2D eigenvalue weighted by Crippen LogP contribution is -2.08. The lowest BCUT2D eigenvalue weighted by Gasteiger charge is -1.85. The summed E-state index contributed by atoms with van der Waals surface area (Å²) in [6.45, 7) is 0. The Balaban J connectivity index is 2.98. The first kappa shape index (κ1) is 6.77. The van der Waals surface area contributed by atoms with Gasteiger partial charge in [0.25, 0.3) is 0 Å². The molecule has 0 saturated heterocycles. The molecule has 0 fully saturated rings. The van der Waals surface area contributed by atoms with Gasteiger partial charge in [0.1, 0.15) is 5.84 Å². The number of hydrogen-bond donors (Lipinski definition) is 2. The van der Waals surface area contributed by atoms with E-state index >= 15 is 0 Å². The Labute approximate surface area is 65.3 Å². The van der Waals surface area contributed by atoms with Crippen LogP contribution in [-0.4, -0.2) is 5.84 Å². The van der Waals surface area contributed by atoms with Gasteiger partial charge in [0.05, 0.1) is 4.88 Å². The van der Waals surface area contributed by atoms with Crippen molar-refractivity contribution >= 4 is 33.1 Å². The van der Waals surface area contributed by atoms with Crippen LogP contribution in [0.2, 0.25) is 0 Å². The zero-order valence-electron chi connectivity index (χ0n) is 4.52. The first-order valence-electron chi connectivity index (χ1n) is 2.28. The molecule has 1 aromatic rings. The summed E-state index contributed by atoms with van der Waals surface area (Å²) in [5.74, 6) is 0.130. The summed E-state index contributed by atoms with van der Waals surface area (Å²) in [6.07, 6.45) is 0. The maximum Gasteiger partial charge on any atom is 0.133 e. The quantitative estimate of drug-likeness (QED) is 0.533. The third-order valence-electron chi connectivity index (χ3n) is 0.833. The molecule has 3 N–H and O–H groups in total. The van der Waals surface area contributed by atoms with E-state index in [1.165, 1.54) is 11.3 Å². The van der Waals surface area contributed by atoms with Crippen molar-refractivity contribution in [1.82, 2.24) is 0 Å². The Kier molecular flexibility index (Phi) is 1.87. The molecule has 0 unspecified atom stereocenters. The van der Waals surface area contributed by atoms with Crippen molar-refractivity contribution in [2.45, 2.75) is 0 Å². The smallest absolute Gasteiger partial charge is 0.133 e. The highest BCUT2D eigenvalue weighted by Gasteiger charge is 1.97. The summed E-state index contributed by atoms with van der Waals surface area (Å²) in [4.78, 5) is 0.807. The second-order valence-electron chi connectivity index (χ2n) is 1.54. The fraction of sp³-hybridized carbons (Fsp3) is 0. The summed E-state index contributed by atoms with van der Waals surface area (Å²) < 4.78 is 0.984. The normalized spacial score (nSPS) is 9.44. The molecule has 0 radical (unpaired) electrons. The van der Waals surface area contributed by atoms with E-state index in [-0.39, 0.29) is 5.84 Å². The largest absolute Gasteiger partial charge is 0.383 e. The van der Waals surface area contributed by atoms with E-state index in [1.54, 1.807) is 0 Å². The van der Waals surface area contributed by atoms with Crippen LogP contribution in [0.4, 0.5) is 0 Å². The maximum atomic E-state index is 7.02. The summed E-state index contributed by atoms with van der Waals surface area (Å²) in [7, 11) is 0. The topological polar surface area (TPSA) is 49.9 Å². The lowest BCUT2D eigenvalue weighted by atomic mass is 10.4. The van der Waals surface area contributed by atoms with E-state index in [4.69, 9.17) is 11.1 Å². The van der Waals surface area contributed by atoms with Gasteiger partial charge in [-0.3, -0.25) is 5.41 Å². The molecule has 0 spiro atoms. The molecule has 0 aliphatic rings. The molecular formula is C5H5BrN2S. The van der Waals surface area contributed by atoms with Crippen LogP contribution in [0.25, 0.3) is 0 Å². The van der Waals surface area contributed by atoms with Crippen molar-refractivity contribution in [2.24, 2.45) is 5.73 Å². The number of nitrogen functional groups attached to an aromatic ring is 1. The van der Waals surface area contributed by atoms with Crippen molar-refractivity contribution in [2.75, 3.05) is 0 Å². The van der Waals surface area contributed by atoms with E-state index < -0.39 is 0 Å². The van der Waals surface area contributed by atoms with Gasteiger partial charge in [-0.1, -0.05) is 0 Å². The maximum absolute atomic E-state index is 7.02. The molecule has 1 rings (SSSR count). The second-order valence-corrected chi connectivity index (χ2v) is 3.37. The Morgan fingerprint density at radius 3 is 2.67 bits per heavy atom. The Morgan fingerprint density at radius 2 is 2.44 bits per heavy atom. The lowest BCUT2D eigenvalue weighted by molar-refractivity contribution is 1.45. The molecule has 1 heterocycles. The average molecular weight is 205 g/mol. The first-order chi connectivity index (χ1) is 4.20. The molecule has 0 aromatic carbocycles. The van der Waals surface area contributed by atoms with Crippen LogP contribution in [0, 0.1) is 5.41 Å². The predicted octanol–water partition coefficient (Wildman–Crippen LogP) is 1.79. The van der Waals surface area contributed by atoms with Crippen LogP contribution in [0.15, 0.2) is 15.9 Å². The van der Waals surface area contributed by atoms with Gasteiger partial charge in [0, 0.05) is 9.85 Å². The molecule has 2 nitrogen and oxygen atoms in total. The number of hydrogen-bond acceptors (Lipinski definition) is 2. The van der Waals surface area contributed by atoms with Crippen molar-refractivity contribution in [3.05, 3.63) is 20.8 Å². The number of nitrogens with two attached hydrogens (primary N) is 1. The fourth-order valence-electron chi connectivity index (χ4n) is 0.454. The summed E-state index contributed by atoms with van der Waals surface area (Å²) in [6, 6.07) is 1.83. The molecule has 0 aliphatic heterocycles. The van der Waals surface area contributed by atoms with Crippen molar-refractivity contribution in [3.63, 3.8) is 0 Å². The van der Waals surface area contributed by atoms with E-state index in [2.05, 4.69) is 15.9 Å². The Morgan fingerprint density at radius 1 is 1.78 bits per heavy atom. The van der Waals surface area contributed by atoms with Gasteiger partial charge in [-0.25, -0.2) is 0 Å². The van der Waals surface area contributed by atoms with Gasteiger partial charge in [0.2, 0.25) is 0 Å². The van der Waals surface area contributed by atoms with Crippen molar-refractivity contribution < 1.29 is 0 Å². The molecule has 0 aliphatic carbocycles. The number of nitrogens with one attached hydrogen (secondary N) is 1.